The first-order valence-corrected chi connectivity index (χ1v) is 4.94. The van der Waals surface area contributed by atoms with E-state index in [2.05, 4.69) is 20.7 Å². The Morgan fingerprint density at radius 2 is 2.13 bits per heavy atom. The summed E-state index contributed by atoms with van der Waals surface area (Å²) in [5.74, 6) is -0.0955. The SMILES string of the molecule is B/N=C(/NB)NCCCC(NB)C(=O)O. The van der Waals surface area contributed by atoms with Crippen LogP contribution in [-0.2, 0) is 4.79 Å². The van der Waals surface area contributed by atoms with E-state index in [4.69, 9.17) is 5.11 Å². The fourth-order valence-corrected chi connectivity index (χ4v) is 1.18. The molecule has 0 radical (unpaired) electrons. The molecular weight excluding hydrogens is 193 g/mol. The van der Waals surface area contributed by atoms with Crippen molar-refractivity contribution in [2.24, 2.45) is 4.90 Å². The lowest BCUT2D eigenvalue weighted by atomic mass is 10.1. The van der Waals surface area contributed by atoms with Crippen LogP contribution in [0.25, 0.3) is 0 Å². The fraction of sp³-hybridized carbons (Fsp3) is 0.667. The van der Waals surface area contributed by atoms with Crippen LogP contribution in [0.3, 0.4) is 0 Å². The van der Waals surface area contributed by atoms with Gasteiger partial charge in [0.25, 0.3) is 0 Å². The molecule has 0 aliphatic carbocycles. The van der Waals surface area contributed by atoms with E-state index in [-0.39, 0.29) is 0 Å². The van der Waals surface area contributed by atoms with Gasteiger partial charge in [-0.1, -0.05) is 0 Å². The van der Waals surface area contributed by atoms with Crippen molar-refractivity contribution in [3.63, 3.8) is 0 Å². The molecule has 0 aliphatic rings. The molecule has 6 nitrogen and oxygen atoms in total. The highest BCUT2D eigenvalue weighted by Gasteiger charge is 2.12. The Bertz CT molecular complexity index is 226. The zero-order chi connectivity index (χ0) is 11.7. The highest BCUT2D eigenvalue weighted by atomic mass is 16.4. The maximum atomic E-state index is 10.7. The Hall–Kier alpha value is -1.11. The lowest BCUT2D eigenvalue weighted by molar-refractivity contribution is -0.139. The molecule has 0 amide bonds. The van der Waals surface area contributed by atoms with Crippen LogP contribution in [0.15, 0.2) is 4.90 Å². The van der Waals surface area contributed by atoms with Crippen molar-refractivity contribution < 1.29 is 9.90 Å². The van der Waals surface area contributed by atoms with Gasteiger partial charge in [-0.2, -0.15) is 0 Å². The molecule has 0 saturated heterocycles. The van der Waals surface area contributed by atoms with Gasteiger partial charge in [-0.15, -0.1) is 0 Å². The third kappa shape index (κ3) is 6.06. The number of nitrogens with zero attached hydrogens (tertiary/aromatic N) is 1. The van der Waals surface area contributed by atoms with Gasteiger partial charge in [0, 0.05) is 6.54 Å². The van der Waals surface area contributed by atoms with Gasteiger partial charge in [0.1, 0.15) is 0 Å². The largest absolute Gasteiger partial charge is 0.480 e. The molecule has 0 bridgehead atoms. The van der Waals surface area contributed by atoms with Gasteiger partial charge in [0.15, 0.2) is 13.9 Å². The molecule has 0 aromatic heterocycles. The molecule has 0 aromatic rings. The molecule has 82 valence electrons. The molecule has 0 fully saturated rings. The third-order valence-electron chi connectivity index (χ3n) is 2.07. The molecule has 0 aliphatic heterocycles. The van der Waals surface area contributed by atoms with E-state index < -0.39 is 12.0 Å². The second kappa shape index (κ2) is 8.22. The van der Waals surface area contributed by atoms with Crippen LogP contribution >= 0.6 is 0 Å². The molecule has 1 unspecified atom stereocenters. The summed E-state index contributed by atoms with van der Waals surface area (Å²) in [4.78, 5) is 14.6. The summed E-state index contributed by atoms with van der Waals surface area (Å²) in [6.07, 6.45) is 1.37. The van der Waals surface area contributed by atoms with E-state index >= 15 is 0 Å². The highest BCUT2D eigenvalue weighted by molar-refractivity contribution is 6.19. The normalized spacial score (nSPS) is 13.2. The van der Waals surface area contributed by atoms with Gasteiger partial charge < -0.3 is 25.8 Å². The third-order valence-corrected chi connectivity index (χ3v) is 2.07. The molecule has 1 atom stereocenters. The monoisotopic (exact) mass is 210 g/mol. The summed E-state index contributed by atoms with van der Waals surface area (Å²) >= 11 is 0. The number of rotatable bonds is 6. The first kappa shape index (κ1) is 13.9. The summed E-state index contributed by atoms with van der Waals surface area (Å²) in [6.45, 7) is 0.707. The average molecular weight is 210 g/mol. The summed E-state index contributed by atoms with van der Waals surface area (Å²) in [6, 6.07) is -0.469. The van der Waals surface area contributed by atoms with Gasteiger partial charge in [0.2, 0.25) is 16.0 Å². The van der Waals surface area contributed by atoms with Crippen LogP contribution in [0.2, 0.25) is 0 Å². The molecule has 0 spiro atoms. The predicted molar refractivity (Wildman–Crippen MR) is 68.0 cm³/mol. The standard InChI is InChI=1S/C6H17B3N4O2/c7-11-4(5(14)15)2-1-3-10-6(12-8)13-9/h4,11H,1-3,7-9H2,(H,14,15)(H2,10,12,13). The maximum absolute atomic E-state index is 10.7. The molecule has 15 heavy (non-hydrogen) atoms. The van der Waals surface area contributed by atoms with Crippen molar-refractivity contribution in [3.8, 4) is 0 Å². The van der Waals surface area contributed by atoms with Crippen LogP contribution in [0, 0.1) is 0 Å². The quantitative estimate of drug-likeness (QED) is 0.155. The van der Waals surface area contributed by atoms with Gasteiger partial charge in [-0.05, 0) is 12.8 Å². The maximum Gasteiger partial charge on any atom is 0.319 e. The average Bonchev–Trinajstić information content (AvgIpc) is 2.23. The fourth-order valence-electron chi connectivity index (χ4n) is 1.18. The van der Waals surface area contributed by atoms with Gasteiger partial charge in [0.05, 0.1) is 6.04 Å². The molecule has 0 saturated carbocycles. The minimum Gasteiger partial charge on any atom is -0.480 e. The summed E-state index contributed by atoms with van der Waals surface area (Å²) in [5.41, 5.74) is 0. The minimum atomic E-state index is -0.810. The number of guanidine groups is 1. The summed E-state index contributed by atoms with van der Waals surface area (Å²) in [5, 5.41) is 17.4. The Balaban J connectivity index is 3.65. The van der Waals surface area contributed by atoms with Crippen LogP contribution in [0.1, 0.15) is 12.8 Å². The second-order valence-electron chi connectivity index (χ2n) is 3.07. The Labute approximate surface area is 92.6 Å². The number of nitrogens with one attached hydrogen (secondary N) is 3. The molecule has 0 rings (SSSR count). The molecule has 4 N–H and O–H groups in total. The van der Waals surface area contributed by atoms with Crippen molar-refractivity contribution in [3.05, 3.63) is 0 Å². The number of hydrogen-bond donors (Lipinski definition) is 4. The number of carboxylic acids is 1. The molecule has 9 heteroatoms. The Kier molecular flexibility index (Phi) is 7.62. The highest BCUT2D eigenvalue weighted by Crippen LogP contribution is 1.95. The van der Waals surface area contributed by atoms with Crippen LogP contribution in [-0.4, -0.2) is 53.6 Å². The van der Waals surface area contributed by atoms with Crippen molar-refractivity contribution in [2.75, 3.05) is 6.54 Å². The van der Waals surface area contributed by atoms with E-state index in [1.807, 2.05) is 0 Å². The first-order valence-electron chi connectivity index (χ1n) is 4.94. The topological polar surface area (TPSA) is 85.8 Å². The van der Waals surface area contributed by atoms with Crippen molar-refractivity contribution in [1.82, 2.24) is 15.8 Å². The van der Waals surface area contributed by atoms with Crippen molar-refractivity contribution in [1.29, 1.82) is 0 Å². The number of carbonyl (C=O) groups is 1. The van der Waals surface area contributed by atoms with Crippen molar-refractivity contribution >= 4 is 35.9 Å². The van der Waals surface area contributed by atoms with E-state index in [9.17, 15) is 4.79 Å². The van der Waals surface area contributed by atoms with E-state index in [1.54, 1.807) is 23.9 Å². The summed E-state index contributed by atoms with van der Waals surface area (Å²) < 4.78 is 0. The molecule has 0 heterocycles. The van der Waals surface area contributed by atoms with E-state index in [1.165, 1.54) is 0 Å². The smallest absolute Gasteiger partial charge is 0.319 e. The van der Waals surface area contributed by atoms with Crippen LogP contribution in [0.5, 0.6) is 0 Å². The first-order chi connectivity index (χ1) is 7.15. The van der Waals surface area contributed by atoms with Crippen LogP contribution < -0.4 is 15.8 Å². The zero-order valence-electron chi connectivity index (χ0n) is 9.50. The van der Waals surface area contributed by atoms with E-state index in [0.717, 1.165) is 6.42 Å². The Morgan fingerprint density at radius 1 is 1.47 bits per heavy atom. The van der Waals surface area contributed by atoms with Gasteiger partial charge in [-0.25, -0.2) is 0 Å². The summed E-state index contributed by atoms with van der Waals surface area (Å²) in [7, 11) is 5.12. The number of hydrogen-bond acceptors (Lipinski definition) is 3. The van der Waals surface area contributed by atoms with Gasteiger partial charge >= 0.3 is 5.97 Å². The van der Waals surface area contributed by atoms with Crippen LogP contribution in [0.4, 0.5) is 0 Å². The predicted octanol–water partition coefficient (Wildman–Crippen LogP) is -4.01. The minimum absolute atomic E-state index is 0.469. The lowest BCUT2D eigenvalue weighted by Gasteiger charge is -2.12. The second-order valence-corrected chi connectivity index (χ2v) is 3.07. The zero-order valence-corrected chi connectivity index (χ0v) is 9.50. The van der Waals surface area contributed by atoms with Crippen molar-refractivity contribution in [2.45, 2.75) is 18.9 Å². The molecular formula is C6H17B3N4O2. The van der Waals surface area contributed by atoms with Gasteiger partial charge in [-0.3, -0.25) is 4.79 Å². The van der Waals surface area contributed by atoms with E-state index in [0.29, 0.717) is 18.9 Å². The number of carboxylic acid groups (broad SMARTS) is 1. The lowest BCUT2D eigenvalue weighted by Crippen LogP contribution is -2.38. The molecule has 0 aromatic carbocycles. The Morgan fingerprint density at radius 3 is 2.53 bits per heavy atom. The number of aliphatic carboxylic acids is 1.